The predicted octanol–water partition coefficient (Wildman–Crippen LogP) is 2.82. The van der Waals surface area contributed by atoms with Crippen LogP contribution in [0.5, 0.6) is 5.75 Å². The van der Waals surface area contributed by atoms with Gasteiger partial charge in [0.15, 0.2) is 5.84 Å². The number of hydrogen-bond acceptors (Lipinski definition) is 10. The number of aromatic nitrogens is 1. The standard InChI is InChI=1S/C20H19N5O6S2/c1-11-12(2)32-20(21-11)25-23-18(13-4-9-17(31-3)16(10-13)19(26)27)22-24(25)14-5-7-15(8-6-14)33(28,29)30/h4-10H,1-3H3,(H,22,23)(H,26,27)(H,28,29,30). The molecule has 0 fully saturated rings. The molecule has 13 heteroatoms. The highest BCUT2D eigenvalue weighted by molar-refractivity contribution is 7.85. The summed E-state index contributed by atoms with van der Waals surface area (Å²) in [7, 11) is -2.96. The topological polar surface area (TPSA) is 145 Å². The third-order valence-electron chi connectivity index (χ3n) is 4.86. The van der Waals surface area contributed by atoms with Crippen LogP contribution in [0.3, 0.4) is 0 Å². The van der Waals surface area contributed by atoms with Gasteiger partial charge >= 0.3 is 5.97 Å². The number of rotatable bonds is 6. The Morgan fingerprint density at radius 3 is 2.39 bits per heavy atom. The molecule has 1 aliphatic rings. The number of nitrogens with zero attached hydrogens (tertiary/aromatic N) is 4. The quantitative estimate of drug-likeness (QED) is 0.442. The van der Waals surface area contributed by atoms with Crippen molar-refractivity contribution in [3.63, 3.8) is 0 Å². The Bertz CT molecular complexity index is 1350. The second kappa shape index (κ2) is 8.35. The molecule has 33 heavy (non-hydrogen) atoms. The number of hydrogen-bond donors (Lipinski definition) is 3. The average Bonchev–Trinajstić information content (AvgIpc) is 3.36. The third-order valence-corrected chi connectivity index (χ3v) is 6.78. The number of hydrazone groups is 1. The monoisotopic (exact) mass is 489 g/mol. The van der Waals surface area contributed by atoms with Crippen molar-refractivity contribution in [2.75, 3.05) is 17.3 Å². The van der Waals surface area contributed by atoms with Crippen molar-refractivity contribution in [2.24, 2.45) is 5.10 Å². The molecule has 2 aromatic carbocycles. The first kappa shape index (κ1) is 22.5. The number of carboxylic acids is 1. The zero-order valence-electron chi connectivity index (χ0n) is 17.7. The summed E-state index contributed by atoms with van der Waals surface area (Å²) in [6.07, 6.45) is 0. The molecule has 0 saturated carbocycles. The van der Waals surface area contributed by atoms with Gasteiger partial charge in [0, 0.05) is 10.4 Å². The number of carbonyl (C=O) groups is 1. The molecule has 0 radical (unpaired) electrons. The van der Waals surface area contributed by atoms with Gasteiger partial charge in [0.1, 0.15) is 11.3 Å². The lowest BCUT2D eigenvalue weighted by Crippen LogP contribution is -2.44. The highest BCUT2D eigenvalue weighted by Crippen LogP contribution is 2.31. The van der Waals surface area contributed by atoms with Crippen molar-refractivity contribution in [3.8, 4) is 5.75 Å². The van der Waals surface area contributed by atoms with E-state index in [2.05, 4.69) is 15.5 Å². The maximum absolute atomic E-state index is 11.6. The molecule has 0 unspecified atom stereocenters. The van der Waals surface area contributed by atoms with E-state index in [1.165, 1.54) is 60.0 Å². The van der Waals surface area contributed by atoms with Crippen LogP contribution in [0.25, 0.3) is 0 Å². The maximum Gasteiger partial charge on any atom is 0.339 e. The Hall–Kier alpha value is -3.68. The number of ether oxygens (including phenoxy) is 1. The van der Waals surface area contributed by atoms with E-state index in [4.69, 9.17) is 4.74 Å². The van der Waals surface area contributed by atoms with Crippen LogP contribution in [0.2, 0.25) is 0 Å². The van der Waals surface area contributed by atoms with Crippen LogP contribution in [0, 0.1) is 13.8 Å². The number of thiazole rings is 1. The van der Waals surface area contributed by atoms with Gasteiger partial charge in [-0.2, -0.15) is 8.42 Å². The summed E-state index contributed by atoms with van der Waals surface area (Å²) < 4.78 is 37.2. The lowest BCUT2D eigenvalue weighted by Gasteiger charge is -2.25. The summed E-state index contributed by atoms with van der Waals surface area (Å²) in [5.41, 5.74) is 4.89. The van der Waals surface area contributed by atoms with Gasteiger partial charge in [-0.05, 0) is 56.3 Å². The van der Waals surface area contributed by atoms with Gasteiger partial charge in [-0.1, -0.05) is 11.3 Å². The first-order chi connectivity index (χ1) is 15.6. The number of nitrogens with one attached hydrogen (secondary N) is 1. The van der Waals surface area contributed by atoms with E-state index in [1.807, 2.05) is 13.8 Å². The molecule has 1 aromatic heterocycles. The minimum absolute atomic E-state index is 0.0251. The number of hydrazine groups is 2. The van der Waals surface area contributed by atoms with Gasteiger partial charge in [0.25, 0.3) is 10.1 Å². The Balaban J connectivity index is 1.78. The summed E-state index contributed by atoms with van der Waals surface area (Å²) >= 11 is 1.42. The first-order valence-electron chi connectivity index (χ1n) is 9.47. The molecule has 0 spiro atoms. The van der Waals surface area contributed by atoms with Crippen molar-refractivity contribution >= 4 is 44.1 Å². The molecule has 0 saturated heterocycles. The third kappa shape index (κ3) is 4.33. The SMILES string of the molecule is COc1ccc(C2=NN(c3ccc(S(=O)(=O)O)cc3)N(c3nc(C)c(C)s3)N2)cc1C(=O)O. The largest absolute Gasteiger partial charge is 0.496 e. The summed E-state index contributed by atoms with van der Waals surface area (Å²) in [4.78, 5) is 16.9. The Morgan fingerprint density at radius 2 is 1.85 bits per heavy atom. The van der Waals surface area contributed by atoms with Crippen molar-refractivity contribution < 1.29 is 27.6 Å². The normalized spacial score (nSPS) is 13.6. The molecule has 2 heterocycles. The number of aromatic carboxylic acids is 1. The molecule has 1 aliphatic heterocycles. The molecule has 4 rings (SSSR count). The number of amidine groups is 1. The number of methoxy groups -OCH3 is 1. The van der Waals surface area contributed by atoms with Crippen LogP contribution >= 0.6 is 11.3 Å². The molecule has 0 bridgehead atoms. The number of anilines is 2. The minimum atomic E-state index is -4.35. The molecular weight excluding hydrogens is 470 g/mol. The zero-order chi connectivity index (χ0) is 23.9. The molecule has 172 valence electrons. The highest BCUT2D eigenvalue weighted by Gasteiger charge is 2.30. The summed E-state index contributed by atoms with van der Waals surface area (Å²) in [5, 5.41) is 17.7. The number of aryl methyl sites for hydroxylation is 2. The van der Waals surface area contributed by atoms with Crippen LogP contribution in [-0.2, 0) is 10.1 Å². The maximum atomic E-state index is 11.6. The van der Waals surface area contributed by atoms with Gasteiger partial charge in [-0.25, -0.2) is 9.78 Å². The van der Waals surface area contributed by atoms with Gasteiger partial charge in [-0.15, -0.1) is 15.3 Å². The van der Waals surface area contributed by atoms with E-state index >= 15 is 0 Å². The van der Waals surface area contributed by atoms with Crippen LogP contribution < -0.4 is 20.4 Å². The van der Waals surface area contributed by atoms with Gasteiger partial charge in [-0.3, -0.25) is 9.98 Å². The van der Waals surface area contributed by atoms with E-state index in [0.29, 0.717) is 22.2 Å². The van der Waals surface area contributed by atoms with Crippen LogP contribution in [0.1, 0.15) is 26.5 Å². The van der Waals surface area contributed by atoms with Crippen LogP contribution in [-0.4, -0.2) is 42.0 Å². The fourth-order valence-electron chi connectivity index (χ4n) is 3.05. The molecule has 0 amide bonds. The number of carboxylic acid groups (broad SMARTS) is 1. The van der Waals surface area contributed by atoms with E-state index in [-0.39, 0.29) is 16.2 Å². The second-order valence-corrected chi connectivity index (χ2v) is 9.59. The van der Waals surface area contributed by atoms with Crippen LogP contribution in [0.15, 0.2) is 52.5 Å². The number of benzene rings is 2. The zero-order valence-corrected chi connectivity index (χ0v) is 19.3. The molecule has 0 atom stereocenters. The van der Waals surface area contributed by atoms with Crippen molar-refractivity contribution in [1.29, 1.82) is 0 Å². The molecule has 3 N–H and O–H groups in total. The van der Waals surface area contributed by atoms with E-state index in [1.54, 1.807) is 11.2 Å². The van der Waals surface area contributed by atoms with Gasteiger partial charge in [0.2, 0.25) is 5.13 Å². The van der Waals surface area contributed by atoms with Crippen molar-refractivity contribution in [1.82, 2.24) is 10.4 Å². The Morgan fingerprint density at radius 1 is 1.15 bits per heavy atom. The van der Waals surface area contributed by atoms with Crippen molar-refractivity contribution in [3.05, 3.63) is 64.2 Å². The second-order valence-electron chi connectivity index (χ2n) is 6.99. The summed E-state index contributed by atoms with van der Waals surface area (Å²) in [6, 6.07) is 10.1. The van der Waals surface area contributed by atoms with E-state index < -0.39 is 16.1 Å². The average molecular weight is 490 g/mol. The van der Waals surface area contributed by atoms with E-state index in [0.717, 1.165) is 10.6 Å². The van der Waals surface area contributed by atoms with Crippen LogP contribution in [0.4, 0.5) is 10.8 Å². The first-order valence-corrected chi connectivity index (χ1v) is 11.7. The van der Waals surface area contributed by atoms with Crippen molar-refractivity contribution in [2.45, 2.75) is 18.7 Å². The molecular formula is C20H19N5O6S2. The summed E-state index contributed by atoms with van der Waals surface area (Å²) in [5.74, 6) is -0.594. The van der Waals surface area contributed by atoms with Gasteiger partial charge in [0.05, 0.1) is 23.4 Å². The van der Waals surface area contributed by atoms with E-state index in [9.17, 15) is 22.9 Å². The Kier molecular flexibility index (Phi) is 5.69. The molecule has 11 nitrogen and oxygen atoms in total. The fraction of sp³-hybridized carbons (Fsp3) is 0.150. The minimum Gasteiger partial charge on any atom is -0.496 e. The highest BCUT2D eigenvalue weighted by atomic mass is 32.2. The predicted molar refractivity (Wildman–Crippen MR) is 122 cm³/mol. The smallest absolute Gasteiger partial charge is 0.339 e. The Labute approximate surface area is 193 Å². The molecule has 0 aliphatic carbocycles. The lowest BCUT2D eigenvalue weighted by molar-refractivity contribution is 0.0693. The lowest BCUT2D eigenvalue weighted by atomic mass is 10.1. The fourth-order valence-corrected chi connectivity index (χ4v) is 4.39. The summed E-state index contributed by atoms with van der Waals surface area (Å²) in [6.45, 7) is 3.81. The van der Waals surface area contributed by atoms with Gasteiger partial charge < -0.3 is 9.84 Å². The molecule has 3 aromatic rings.